The van der Waals surface area contributed by atoms with Crippen LogP contribution in [0, 0.1) is 0 Å². The number of carbonyl (C=O) groups is 2. The van der Waals surface area contributed by atoms with Crippen LogP contribution in [-0.2, 0) is 32.7 Å². The van der Waals surface area contributed by atoms with Crippen molar-refractivity contribution in [3.8, 4) is 0 Å². The summed E-state index contributed by atoms with van der Waals surface area (Å²) in [5.41, 5.74) is 0. The molecule has 0 amide bonds. The molecule has 45 heavy (non-hydrogen) atoms. The summed E-state index contributed by atoms with van der Waals surface area (Å²) in [4.78, 5) is 34.6. The Morgan fingerprint density at radius 1 is 0.644 bits per heavy atom. The van der Waals surface area contributed by atoms with Crippen LogP contribution in [0.25, 0.3) is 0 Å². The van der Waals surface area contributed by atoms with E-state index >= 15 is 0 Å². The average molecular weight is 665 g/mol. The Labute approximate surface area is 273 Å². The molecule has 10 nitrogen and oxygen atoms in total. The van der Waals surface area contributed by atoms with Gasteiger partial charge in [0.15, 0.2) is 6.10 Å². The molecular weight excluding hydrogens is 599 g/mol. The summed E-state index contributed by atoms with van der Waals surface area (Å²) in [7, 11) is -4.60. The molecular formula is C34H65O10P. The predicted octanol–water partition coefficient (Wildman–Crippen LogP) is 8.11. The molecule has 0 aliphatic rings. The highest BCUT2D eigenvalue weighted by atomic mass is 31.2. The second kappa shape index (κ2) is 31.3. The van der Waals surface area contributed by atoms with Gasteiger partial charge in [-0.1, -0.05) is 116 Å². The van der Waals surface area contributed by atoms with Gasteiger partial charge in [0, 0.05) is 12.8 Å². The highest BCUT2D eigenvalue weighted by molar-refractivity contribution is 7.47. The molecule has 0 aliphatic carbocycles. The number of carbonyl (C=O) groups excluding carboxylic acids is 2. The van der Waals surface area contributed by atoms with E-state index in [2.05, 4.69) is 30.5 Å². The fraction of sp³-hybridized carbons (Fsp3) is 0.882. The molecule has 0 aliphatic heterocycles. The standard InChI is InChI=1S/C34H65O10P/c1-3-5-7-9-11-13-15-16-18-20-22-24-26-34(38)44-32(30-43-45(39,40)42-28-31(36)27-35)29-41-33(37)25-23-21-19-17-14-12-10-8-6-4-2/h11,13,31-32,35-36H,3-10,12,14-30H2,1-2H3,(H,39,40)/b13-11-/t31-,32+/m0/s1. The lowest BCUT2D eigenvalue weighted by atomic mass is 10.1. The van der Waals surface area contributed by atoms with Gasteiger partial charge in [-0.2, -0.15) is 0 Å². The number of phosphoric ester groups is 1. The van der Waals surface area contributed by atoms with Crippen LogP contribution >= 0.6 is 7.82 Å². The molecule has 3 atom stereocenters. The number of hydrogen-bond donors (Lipinski definition) is 3. The Hall–Kier alpha value is -1.29. The zero-order chi connectivity index (χ0) is 33.4. The van der Waals surface area contributed by atoms with Crippen LogP contribution in [0.5, 0.6) is 0 Å². The number of ether oxygens (including phenoxy) is 2. The van der Waals surface area contributed by atoms with Gasteiger partial charge in [-0.25, -0.2) is 4.57 Å². The van der Waals surface area contributed by atoms with Crippen LogP contribution in [0.4, 0.5) is 0 Å². The van der Waals surface area contributed by atoms with E-state index in [1.807, 2.05) is 0 Å². The average Bonchev–Trinajstić information content (AvgIpc) is 3.02. The maximum absolute atomic E-state index is 12.5. The van der Waals surface area contributed by atoms with Crippen molar-refractivity contribution in [2.24, 2.45) is 0 Å². The van der Waals surface area contributed by atoms with Gasteiger partial charge in [0.2, 0.25) is 0 Å². The third-order valence-corrected chi connectivity index (χ3v) is 8.37. The zero-order valence-electron chi connectivity index (χ0n) is 28.3. The maximum atomic E-state index is 12.5. The van der Waals surface area contributed by atoms with Crippen molar-refractivity contribution in [3.63, 3.8) is 0 Å². The molecule has 0 saturated heterocycles. The van der Waals surface area contributed by atoms with Crippen LogP contribution in [-0.4, -0.2) is 65.7 Å². The van der Waals surface area contributed by atoms with Gasteiger partial charge >= 0.3 is 19.8 Å². The summed E-state index contributed by atoms with van der Waals surface area (Å²) in [5.74, 6) is -0.935. The lowest BCUT2D eigenvalue weighted by molar-refractivity contribution is -0.161. The lowest BCUT2D eigenvalue weighted by Gasteiger charge is -2.20. The highest BCUT2D eigenvalue weighted by Crippen LogP contribution is 2.43. The number of aliphatic hydroxyl groups is 2. The van der Waals surface area contributed by atoms with E-state index in [0.29, 0.717) is 12.8 Å². The zero-order valence-corrected chi connectivity index (χ0v) is 29.2. The van der Waals surface area contributed by atoms with Crippen LogP contribution in [0.3, 0.4) is 0 Å². The number of aliphatic hydroxyl groups excluding tert-OH is 2. The van der Waals surface area contributed by atoms with Crippen LogP contribution < -0.4 is 0 Å². The molecule has 1 unspecified atom stereocenters. The fourth-order valence-electron chi connectivity index (χ4n) is 4.63. The Bertz CT molecular complexity index is 776. The Morgan fingerprint density at radius 2 is 1.09 bits per heavy atom. The van der Waals surface area contributed by atoms with E-state index < -0.39 is 51.8 Å². The molecule has 266 valence electrons. The molecule has 0 rings (SSSR count). The molecule has 0 aromatic rings. The lowest BCUT2D eigenvalue weighted by Crippen LogP contribution is -2.29. The van der Waals surface area contributed by atoms with Crippen molar-refractivity contribution < 1.29 is 47.8 Å². The Balaban J connectivity index is 4.43. The third-order valence-electron chi connectivity index (χ3n) is 7.42. The fourth-order valence-corrected chi connectivity index (χ4v) is 5.42. The molecule has 0 heterocycles. The van der Waals surface area contributed by atoms with Gasteiger partial charge in [-0.3, -0.25) is 18.6 Å². The summed E-state index contributed by atoms with van der Waals surface area (Å²) in [6.45, 7) is 2.31. The molecule has 0 aromatic carbocycles. The first-order chi connectivity index (χ1) is 21.7. The van der Waals surface area contributed by atoms with Crippen molar-refractivity contribution >= 4 is 19.8 Å². The third kappa shape index (κ3) is 31.1. The summed E-state index contributed by atoms with van der Waals surface area (Å²) in [6, 6.07) is 0. The first kappa shape index (κ1) is 43.7. The maximum Gasteiger partial charge on any atom is 0.472 e. The second-order valence-electron chi connectivity index (χ2n) is 11.9. The van der Waals surface area contributed by atoms with Gasteiger partial charge in [0.05, 0.1) is 19.8 Å². The predicted molar refractivity (Wildman–Crippen MR) is 178 cm³/mol. The minimum Gasteiger partial charge on any atom is -0.462 e. The number of allylic oxidation sites excluding steroid dienone is 2. The number of rotatable bonds is 33. The number of phosphoric acid groups is 1. The van der Waals surface area contributed by atoms with Crippen molar-refractivity contribution in [1.29, 1.82) is 0 Å². The first-order valence-electron chi connectivity index (χ1n) is 17.6. The molecule has 0 aromatic heterocycles. The number of unbranched alkanes of at least 4 members (excludes halogenated alkanes) is 17. The SMILES string of the molecule is CCCCC/C=C\CCCCCCCC(=O)O[C@H](COC(=O)CCCCCCCCCCCC)COP(=O)(O)OC[C@@H](O)CO. The minimum absolute atomic E-state index is 0.177. The largest absolute Gasteiger partial charge is 0.472 e. The second-order valence-corrected chi connectivity index (χ2v) is 13.4. The Morgan fingerprint density at radius 3 is 1.64 bits per heavy atom. The van der Waals surface area contributed by atoms with Crippen molar-refractivity contribution in [2.75, 3.05) is 26.4 Å². The first-order valence-corrected chi connectivity index (χ1v) is 19.1. The van der Waals surface area contributed by atoms with Gasteiger partial charge in [-0.15, -0.1) is 0 Å². The van der Waals surface area contributed by atoms with Crippen LogP contribution in [0.1, 0.15) is 155 Å². The number of hydrogen-bond acceptors (Lipinski definition) is 9. The summed E-state index contributed by atoms with van der Waals surface area (Å²) >= 11 is 0. The summed E-state index contributed by atoms with van der Waals surface area (Å²) in [6.07, 6.45) is 24.7. The van der Waals surface area contributed by atoms with Gasteiger partial charge in [-0.05, 0) is 38.5 Å². The van der Waals surface area contributed by atoms with Crippen molar-refractivity contribution in [2.45, 2.75) is 167 Å². The normalized spacial score (nSPS) is 14.3. The quantitative estimate of drug-likeness (QED) is 0.0272. The molecule has 0 radical (unpaired) electrons. The van der Waals surface area contributed by atoms with E-state index in [-0.39, 0.29) is 19.4 Å². The Kier molecular flexibility index (Phi) is 30.4. The van der Waals surface area contributed by atoms with Crippen molar-refractivity contribution in [1.82, 2.24) is 0 Å². The van der Waals surface area contributed by atoms with E-state index in [0.717, 1.165) is 57.8 Å². The van der Waals surface area contributed by atoms with Gasteiger partial charge < -0.3 is 24.6 Å². The van der Waals surface area contributed by atoms with E-state index in [4.69, 9.17) is 19.1 Å². The topological polar surface area (TPSA) is 149 Å². The molecule has 3 N–H and O–H groups in total. The molecule has 0 fully saturated rings. The molecule has 11 heteroatoms. The van der Waals surface area contributed by atoms with Crippen molar-refractivity contribution in [3.05, 3.63) is 12.2 Å². The van der Waals surface area contributed by atoms with Gasteiger partial charge in [0.1, 0.15) is 12.7 Å². The molecule has 0 saturated carbocycles. The molecule has 0 bridgehead atoms. The van der Waals surface area contributed by atoms with E-state index in [1.165, 1.54) is 57.8 Å². The minimum atomic E-state index is -4.60. The summed E-state index contributed by atoms with van der Waals surface area (Å²) in [5, 5.41) is 18.2. The van der Waals surface area contributed by atoms with E-state index in [9.17, 15) is 24.2 Å². The smallest absolute Gasteiger partial charge is 0.462 e. The monoisotopic (exact) mass is 664 g/mol. The summed E-state index contributed by atoms with van der Waals surface area (Å²) < 4.78 is 32.4. The number of esters is 2. The molecule has 0 spiro atoms. The van der Waals surface area contributed by atoms with E-state index in [1.54, 1.807) is 0 Å². The highest BCUT2D eigenvalue weighted by Gasteiger charge is 2.27. The van der Waals surface area contributed by atoms with Gasteiger partial charge in [0.25, 0.3) is 0 Å². The van der Waals surface area contributed by atoms with Crippen LogP contribution in [0.2, 0.25) is 0 Å². The van der Waals surface area contributed by atoms with Crippen LogP contribution in [0.15, 0.2) is 12.2 Å².